The van der Waals surface area contributed by atoms with Crippen molar-refractivity contribution in [1.82, 2.24) is 0 Å². The fourth-order valence-electron chi connectivity index (χ4n) is 6.69. The molecule has 2 saturated carbocycles. The molecule has 2 aromatic rings. The van der Waals surface area contributed by atoms with Gasteiger partial charge in [-0.1, -0.05) is 26.0 Å². The Morgan fingerprint density at radius 1 is 1.05 bits per heavy atom. The van der Waals surface area contributed by atoms with E-state index in [-0.39, 0.29) is 36.5 Å². The normalized spacial score (nSPS) is 28.6. The number of rotatable bonds is 4. The minimum absolute atomic E-state index is 0.00363. The van der Waals surface area contributed by atoms with Crippen molar-refractivity contribution in [3.63, 3.8) is 0 Å². The molecule has 0 radical (unpaired) electrons. The number of hydrogen-bond donors (Lipinski definition) is 2. The number of carbonyl (C=O) groups is 5. The zero-order valence-corrected chi connectivity index (χ0v) is 21.7. The minimum Gasteiger partial charge on any atom is -0.507 e. The Labute approximate surface area is 220 Å². The monoisotopic (exact) mass is 518 g/mol. The first-order chi connectivity index (χ1) is 17.9. The maximum atomic E-state index is 14.0. The van der Waals surface area contributed by atoms with Crippen LogP contribution in [0.1, 0.15) is 61.0 Å². The highest BCUT2D eigenvalue weighted by atomic mass is 16.5. The molecule has 38 heavy (non-hydrogen) atoms. The highest BCUT2D eigenvalue weighted by Crippen LogP contribution is 2.52. The molecule has 5 atom stereocenters. The van der Waals surface area contributed by atoms with E-state index in [9.17, 15) is 34.2 Å². The third-order valence-electron chi connectivity index (χ3n) is 8.58. The third-order valence-corrected chi connectivity index (χ3v) is 8.58. The van der Waals surface area contributed by atoms with E-state index in [0.29, 0.717) is 22.4 Å². The number of ketones is 5. The molecule has 5 unspecified atom stereocenters. The zero-order valence-electron chi connectivity index (χ0n) is 21.7. The van der Waals surface area contributed by atoms with Crippen molar-refractivity contribution in [2.24, 2.45) is 23.7 Å². The molecular formula is C30H30O8. The van der Waals surface area contributed by atoms with Crippen LogP contribution in [0.25, 0.3) is 11.1 Å². The lowest BCUT2D eigenvalue weighted by Gasteiger charge is -2.49. The smallest absolute Gasteiger partial charge is 0.190 e. The number of methoxy groups -OCH3 is 1. The number of aliphatic hydroxyl groups is 1. The molecule has 8 nitrogen and oxygen atoms in total. The summed E-state index contributed by atoms with van der Waals surface area (Å²) in [5.41, 5.74) is 0.0361. The summed E-state index contributed by atoms with van der Waals surface area (Å²) in [6.45, 7) is 5.03. The van der Waals surface area contributed by atoms with Crippen LogP contribution in [0.3, 0.4) is 0 Å². The Balaban J connectivity index is 1.64. The van der Waals surface area contributed by atoms with Gasteiger partial charge in [0.05, 0.1) is 18.6 Å². The predicted molar refractivity (Wildman–Crippen MR) is 136 cm³/mol. The largest absolute Gasteiger partial charge is 0.507 e. The van der Waals surface area contributed by atoms with Gasteiger partial charge in [-0.15, -0.1) is 0 Å². The molecule has 0 spiro atoms. The summed E-state index contributed by atoms with van der Waals surface area (Å²) in [5, 5.41) is 22.8. The molecule has 0 aromatic heterocycles. The predicted octanol–water partition coefficient (Wildman–Crippen LogP) is 3.23. The van der Waals surface area contributed by atoms with Gasteiger partial charge in [-0.3, -0.25) is 24.0 Å². The van der Waals surface area contributed by atoms with Crippen LogP contribution >= 0.6 is 0 Å². The maximum absolute atomic E-state index is 14.0. The number of benzene rings is 2. The molecule has 0 heterocycles. The van der Waals surface area contributed by atoms with Crippen molar-refractivity contribution in [2.45, 2.75) is 51.6 Å². The number of hydrogen-bond acceptors (Lipinski definition) is 8. The average molecular weight is 519 g/mol. The molecule has 0 amide bonds. The standard InChI is InChI=1S/C30H30O8/c1-13(2)19-12-20(15-5-7-18(38-4)8-6-15)26(33)25-21(19)10-16-9-17-11-22(32)23(14(3)31)28(35)30(17,37)29(36)24(16)27(25)34/h5-8,12-13,16-17,23-24,33,37H,9-11H2,1-4H3. The molecule has 198 valence electrons. The van der Waals surface area contributed by atoms with Crippen molar-refractivity contribution in [1.29, 1.82) is 0 Å². The summed E-state index contributed by atoms with van der Waals surface area (Å²) < 4.78 is 5.22. The van der Waals surface area contributed by atoms with E-state index in [2.05, 4.69) is 0 Å². The van der Waals surface area contributed by atoms with Gasteiger partial charge in [-0.2, -0.15) is 0 Å². The van der Waals surface area contributed by atoms with Crippen LogP contribution in [-0.2, 0) is 25.6 Å². The number of carbonyl (C=O) groups excluding carboxylic acids is 5. The molecule has 2 fully saturated rings. The number of Topliss-reactive ketones (excluding diaryl/α,β-unsaturated/α-hetero) is 5. The van der Waals surface area contributed by atoms with E-state index in [0.717, 1.165) is 12.5 Å². The fourth-order valence-corrected chi connectivity index (χ4v) is 6.69. The molecule has 0 bridgehead atoms. The van der Waals surface area contributed by atoms with E-state index in [1.165, 1.54) is 0 Å². The van der Waals surface area contributed by atoms with E-state index in [4.69, 9.17) is 4.74 Å². The Morgan fingerprint density at radius 2 is 1.71 bits per heavy atom. The second-order valence-corrected chi connectivity index (χ2v) is 11.0. The van der Waals surface area contributed by atoms with Crippen LogP contribution in [0.5, 0.6) is 11.5 Å². The number of phenolic OH excluding ortho intramolecular Hbond substituents is 1. The SMILES string of the molecule is COc1ccc(-c2cc(C(C)C)c3c(c2O)C(=O)C2C(=O)C4(O)C(=O)C(C(C)=O)C(=O)CC4CC2C3)cc1. The molecule has 8 heteroatoms. The first-order valence-corrected chi connectivity index (χ1v) is 12.8. The van der Waals surface area contributed by atoms with Gasteiger partial charge in [0, 0.05) is 17.9 Å². The Kier molecular flexibility index (Phi) is 6.14. The summed E-state index contributed by atoms with van der Waals surface area (Å²) in [5.74, 6) is -8.30. The number of ether oxygens (including phenoxy) is 1. The van der Waals surface area contributed by atoms with Crippen LogP contribution in [0.4, 0.5) is 0 Å². The molecule has 3 aliphatic rings. The molecule has 2 N–H and O–H groups in total. The Hall–Kier alpha value is -3.65. The summed E-state index contributed by atoms with van der Waals surface area (Å²) in [6, 6.07) is 8.87. The number of phenols is 1. The number of fused-ring (bicyclic) bond motifs is 3. The lowest BCUT2D eigenvalue weighted by molar-refractivity contribution is -0.175. The number of aromatic hydroxyl groups is 1. The van der Waals surface area contributed by atoms with Gasteiger partial charge in [0.15, 0.2) is 28.7 Å². The second-order valence-electron chi connectivity index (χ2n) is 11.0. The van der Waals surface area contributed by atoms with E-state index >= 15 is 0 Å². The summed E-state index contributed by atoms with van der Waals surface area (Å²) in [6.07, 6.45) is 0.118. The van der Waals surface area contributed by atoms with Crippen molar-refractivity contribution in [3.8, 4) is 22.6 Å². The van der Waals surface area contributed by atoms with E-state index in [1.807, 2.05) is 19.9 Å². The van der Waals surface area contributed by atoms with Gasteiger partial charge in [0.2, 0.25) is 0 Å². The van der Waals surface area contributed by atoms with E-state index in [1.54, 1.807) is 31.4 Å². The molecule has 3 aliphatic carbocycles. The summed E-state index contributed by atoms with van der Waals surface area (Å²) >= 11 is 0. The lowest BCUT2D eigenvalue weighted by atomic mass is 9.53. The van der Waals surface area contributed by atoms with Crippen LogP contribution in [0.15, 0.2) is 30.3 Å². The van der Waals surface area contributed by atoms with Crippen molar-refractivity contribution >= 4 is 28.9 Å². The van der Waals surface area contributed by atoms with Gasteiger partial charge in [0.1, 0.15) is 23.2 Å². The third kappa shape index (κ3) is 3.57. The summed E-state index contributed by atoms with van der Waals surface area (Å²) in [4.78, 5) is 65.6. The van der Waals surface area contributed by atoms with Crippen molar-refractivity contribution in [2.75, 3.05) is 7.11 Å². The highest BCUT2D eigenvalue weighted by Gasteiger charge is 2.65. The molecular weight excluding hydrogens is 488 g/mol. The van der Waals surface area contributed by atoms with Crippen molar-refractivity contribution in [3.05, 3.63) is 47.0 Å². The van der Waals surface area contributed by atoms with E-state index < -0.39 is 58.2 Å². The zero-order chi connectivity index (χ0) is 27.7. The Morgan fingerprint density at radius 3 is 2.29 bits per heavy atom. The van der Waals surface area contributed by atoms with Crippen LogP contribution in [0.2, 0.25) is 0 Å². The lowest BCUT2D eigenvalue weighted by Crippen LogP contribution is -2.67. The first-order valence-electron chi connectivity index (χ1n) is 12.8. The fraction of sp³-hybridized carbons (Fsp3) is 0.433. The first kappa shape index (κ1) is 26.0. The maximum Gasteiger partial charge on any atom is 0.190 e. The van der Waals surface area contributed by atoms with Gasteiger partial charge < -0.3 is 14.9 Å². The Bertz CT molecular complexity index is 1400. The highest BCUT2D eigenvalue weighted by molar-refractivity contribution is 6.31. The topological polar surface area (TPSA) is 135 Å². The molecule has 5 rings (SSSR count). The minimum atomic E-state index is -2.58. The van der Waals surface area contributed by atoms with Gasteiger partial charge >= 0.3 is 0 Å². The second kappa shape index (κ2) is 8.98. The van der Waals surface area contributed by atoms with Crippen LogP contribution < -0.4 is 4.74 Å². The molecule has 2 aromatic carbocycles. The quantitative estimate of drug-likeness (QED) is 0.589. The molecule has 0 aliphatic heterocycles. The summed E-state index contributed by atoms with van der Waals surface area (Å²) in [7, 11) is 1.54. The van der Waals surface area contributed by atoms with Crippen LogP contribution in [-0.4, -0.2) is 51.8 Å². The van der Waals surface area contributed by atoms with Gasteiger partial charge in [-0.25, -0.2) is 0 Å². The average Bonchev–Trinajstić information content (AvgIpc) is 2.86. The van der Waals surface area contributed by atoms with Gasteiger partial charge in [-0.05, 0) is 66.5 Å². The molecule has 0 saturated heterocycles. The van der Waals surface area contributed by atoms with Gasteiger partial charge in [0.25, 0.3) is 0 Å². The van der Waals surface area contributed by atoms with Crippen LogP contribution in [0, 0.1) is 23.7 Å². The van der Waals surface area contributed by atoms with Crippen molar-refractivity contribution < 1.29 is 38.9 Å².